The molecule has 0 unspecified atom stereocenters. The number of hydrogen-bond donors (Lipinski definition) is 1. The van der Waals surface area contributed by atoms with Gasteiger partial charge >= 0.3 is 0 Å². The molecule has 8 heteroatoms. The average molecular weight is 477 g/mol. The van der Waals surface area contributed by atoms with Gasteiger partial charge in [-0.25, -0.2) is 0 Å². The molecule has 0 spiro atoms. The van der Waals surface area contributed by atoms with E-state index in [2.05, 4.69) is 21.2 Å². The predicted octanol–water partition coefficient (Wildman–Crippen LogP) is 4.11. The van der Waals surface area contributed by atoms with Gasteiger partial charge in [0, 0.05) is 23.6 Å². The summed E-state index contributed by atoms with van der Waals surface area (Å²) in [6, 6.07) is 10.7. The Kier molecular flexibility index (Phi) is 7.57. The monoisotopic (exact) mass is 476 g/mol. The zero-order valence-electron chi connectivity index (χ0n) is 17.1. The Labute approximate surface area is 184 Å². The number of carbonyl (C=O) groups excluding carboxylic acids is 2. The fourth-order valence-electron chi connectivity index (χ4n) is 3.28. The van der Waals surface area contributed by atoms with E-state index in [1.807, 2.05) is 24.3 Å². The quantitative estimate of drug-likeness (QED) is 0.620. The van der Waals surface area contributed by atoms with Crippen molar-refractivity contribution in [3.63, 3.8) is 0 Å². The minimum Gasteiger partial charge on any atom is -0.493 e. The summed E-state index contributed by atoms with van der Waals surface area (Å²) < 4.78 is 17.2. The molecule has 30 heavy (non-hydrogen) atoms. The van der Waals surface area contributed by atoms with Crippen molar-refractivity contribution < 1.29 is 23.8 Å². The SMILES string of the molecule is COc1cc(NC(=O)CCOc2cccc(Br)c2)c(C(=O)N2CCCC2)cc1OC. The van der Waals surface area contributed by atoms with Crippen LogP contribution in [0.1, 0.15) is 29.6 Å². The summed E-state index contributed by atoms with van der Waals surface area (Å²) in [5.74, 6) is 1.17. The summed E-state index contributed by atoms with van der Waals surface area (Å²) in [7, 11) is 3.02. The molecule has 1 heterocycles. The molecular formula is C22H25BrN2O5. The number of carbonyl (C=O) groups is 2. The second-order valence-corrected chi connectivity index (χ2v) is 7.77. The molecule has 2 aromatic carbocycles. The summed E-state index contributed by atoms with van der Waals surface area (Å²) in [5, 5.41) is 2.83. The number of anilines is 1. The molecule has 0 aliphatic carbocycles. The first-order valence-electron chi connectivity index (χ1n) is 9.75. The van der Waals surface area contributed by atoms with Gasteiger partial charge in [0.1, 0.15) is 5.75 Å². The topological polar surface area (TPSA) is 77.1 Å². The van der Waals surface area contributed by atoms with E-state index in [1.165, 1.54) is 14.2 Å². The lowest BCUT2D eigenvalue weighted by molar-refractivity contribution is -0.116. The lowest BCUT2D eigenvalue weighted by Gasteiger charge is -2.20. The van der Waals surface area contributed by atoms with Crippen LogP contribution >= 0.6 is 15.9 Å². The minimum absolute atomic E-state index is 0.130. The zero-order valence-corrected chi connectivity index (χ0v) is 18.7. The molecule has 2 aromatic rings. The van der Waals surface area contributed by atoms with Crippen LogP contribution in [0.4, 0.5) is 5.69 Å². The smallest absolute Gasteiger partial charge is 0.256 e. The Morgan fingerprint density at radius 3 is 2.43 bits per heavy atom. The number of amides is 2. The number of methoxy groups -OCH3 is 2. The standard InChI is InChI=1S/C22H25BrN2O5/c1-28-19-13-17(22(27)25-9-3-4-10-25)18(14-20(19)29-2)24-21(26)8-11-30-16-7-5-6-15(23)12-16/h5-7,12-14H,3-4,8-11H2,1-2H3,(H,24,26). The van der Waals surface area contributed by atoms with Gasteiger partial charge in [0.2, 0.25) is 5.91 Å². The van der Waals surface area contributed by atoms with Gasteiger partial charge in [-0.2, -0.15) is 0 Å². The van der Waals surface area contributed by atoms with Crippen molar-refractivity contribution in [2.24, 2.45) is 0 Å². The van der Waals surface area contributed by atoms with Crippen LogP contribution in [0.5, 0.6) is 17.2 Å². The molecule has 0 bridgehead atoms. The second kappa shape index (κ2) is 10.3. The highest BCUT2D eigenvalue weighted by atomic mass is 79.9. The molecule has 2 amide bonds. The maximum Gasteiger partial charge on any atom is 0.256 e. The number of halogens is 1. The summed E-state index contributed by atoms with van der Waals surface area (Å²) in [5.41, 5.74) is 0.785. The minimum atomic E-state index is -0.257. The van der Waals surface area contributed by atoms with Gasteiger partial charge in [0.05, 0.1) is 38.5 Å². The third kappa shape index (κ3) is 5.44. The molecule has 1 saturated heterocycles. The average Bonchev–Trinajstić information content (AvgIpc) is 3.28. The van der Waals surface area contributed by atoms with Crippen LogP contribution in [-0.4, -0.2) is 50.6 Å². The van der Waals surface area contributed by atoms with Gasteiger partial charge in [-0.1, -0.05) is 22.0 Å². The van der Waals surface area contributed by atoms with Crippen LogP contribution < -0.4 is 19.5 Å². The van der Waals surface area contributed by atoms with Crippen molar-refractivity contribution in [2.75, 3.05) is 39.2 Å². The van der Waals surface area contributed by atoms with Crippen LogP contribution in [0.3, 0.4) is 0 Å². The fraction of sp³-hybridized carbons (Fsp3) is 0.364. The number of nitrogens with one attached hydrogen (secondary N) is 1. The Morgan fingerprint density at radius 2 is 1.77 bits per heavy atom. The number of nitrogens with zero attached hydrogens (tertiary/aromatic N) is 1. The molecule has 1 N–H and O–H groups in total. The van der Waals surface area contributed by atoms with Crippen LogP contribution in [0.25, 0.3) is 0 Å². The molecule has 1 aliphatic rings. The van der Waals surface area contributed by atoms with Gasteiger partial charge in [-0.05, 0) is 37.1 Å². The largest absolute Gasteiger partial charge is 0.493 e. The van der Waals surface area contributed by atoms with Crippen molar-refractivity contribution in [1.29, 1.82) is 0 Å². The number of likely N-dealkylation sites (tertiary alicyclic amines) is 1. The molecule has 0 radical (unpaired) electrons. The first-order chi connectivity index (χ1) is 14.5. The van der Waals surface area contributed by atoms with E-state index < -0.39 is 0 Å². The van der Waals surface area contributed by atoms with Crippen LogP contribution in [0.15, 0.2) is 40.9 Å². The Morgan fingerprint density at radius 1 is 1.07 bits per heavy atom. The first-order valence-corrected chi connectivity index (χ1v) is 10.5. The zero-order chi connectivity index (χ0) is 21.5. The van der Waals surface area contributed by atoms with Crippen LogP contribution in [-0.2, 0) is 4.79 Å². The molecule has 0 atom stereocenters. The summed E-state index contributed by atoms with van der Waals surface area (Å²) in [6.45, 7) is 1.63. The van der Waals surface area contributed by atoms with Gasteiger partial charge in [0.15, 0.2) is 11.5 Å². The molecule has 160 valence electrons. The fourth-order valence-corrected chi connectivity index (χ4v) is 3.66. The molecule has 3 rings (SSSR count). The number of hydrogen-bond acceptors (Lipinski definition) is 5. The molecule has 0 saturated carbocycles. The third-order valence-electron chi connectivity index (χ3n) is 4.82. The number of benzene rings is 2. The predicted molar refractivity (Wildman–Crippen MR) is 118 cm³/mol. The second-order valence-electron chi connectivity index (χ2n) is 6.86. The summed E-state index contributed by atoms with van der Waals surface area (Å²) in [4.78, 5) is 27.3. The third-order valence-corrected chi connectivity index (χ3v) is 5.31. The van der Waals surface area contributed by atoms with Gasteiger partial charge in [-0.3, -0.25) is 9.59 Å². The summed E-state index contributed by atoms with van der Waals surface area (Å²) in [6.07, 6.45) is 2.10. The van der Waals surface area contributed by atoms with E-state index in [0.717, 1.165) is 17.3 Å². The van der Waals surface area contributed by atoms with Crippen LogP contribution in [0, 0.1) is 0 Å². The molecular weight excluding hydrogens is 452 g/mol. The van der Waals surface area contributed by atoms with E-state index in [-0.39, 0.29) is 24.8 Å². The maximum absolute atomic E-state index is 13.0. The van der Waals surface area contributed by atoms with Crippen molar-refractivity contribution in [3.8, 4) is 17.2 Å². The Bertz CT molecular complexity index is 912. The number of ether oxygens (including phenoxy) is 3. The highest BCUT2D eigenvalue weighted by Gasteiger charge is 2.25. The lowest BCUT2D eigenvalue weighted by atomic mass is 10.1. The van der Waals surface area contributed by atoms with Crippen molar-refractivity contribution in [2.45, 2.75) is 19.3 Å². The van der Waals surface area contributed by atoms with Gasteiger partial charge in [0.25, 0.3) is 5.91 Å². The first kappa shape index (κ1) is 22.0. The van der Waals surface area contributed by atoms with E-state index in [9.17, 15) is 9.59 Å². The summed E-state index contributed by atoms with van der Waals surface area (Å²) >= 11 is 3.38. The van der Waals surface area contributed by atoms with E-state index in [4.69, 9.17) is 14.2 Å². The maximum atomic E-state index is 13.0. The van der Waals surface area contributed by atoms with Gasteiger partial charge in [-0.15, -0.1) is 0 Å². The van der Waals surface area contributed by atoms with Gasteiger partial charge < -0.3 is 24.4 Å². The highest BCUT2D eigenvalue weighted by molar-refractivity contribution is 9.10. The Hall–Kier alpha value is -2.74. The number of rotatable bonds is 8. The Balaban J connectivity index is 1.72. The molecule has 7 nitrogen and oxygen atoms in total. The van der Waals surface area contributed by atoms with Crippen molar-refractivity contribution in [1.82, 2.24) is 4.90 Å². The molecule has 1 fully saturated rings. The van der Waals surface area contributed by atoms with Crippen molar-refractivity contribution >= 4 is 33.4 Å². The molecule has 0 aromatic heterocycles. The molecule has 1 aliphatic heterocycles. The van der Waals surface area contributed by atoms with E-state index in [1.54, 1.807) is 17.0 Å². The normalized spacial score (nSPS) is 13.1. The van der Waals surface area contributed by atoms with E-state index in [0.29, 0.717) is 41.6 Å². The van der Waals surface area contributed by atoms with Crippen molar-refractivity contribution in [3.05, 3.63) is 46.4 Å². The van der Waals surface area contributed by atoms with E-state index >= 15 is 0 Å². The lowest BCUT2D eigenvalue weighted by Crippen LogP contribution is -2.29. The highest BCUT2D eigenvalue weighted by Crippen LogP contribution is 2.34. The van der Waals surface area contributed by atoms with Crippen LogP contribution in [0.2, 0.25) is 0 Å².